The zero-order valence-electron chi connectivity index (χ0n) is 12.8. The summed E-state index contributed by atoms with van der Waals surface area (Å²) in [5.41, 5.74) is 1.63. The fraction of sp³-hybridized carbons (Fsp3) is 0.500. The largest absolute Gasteiger partial charge is 0.395 e. The van der Waals surface area contributed by atoms with Crippen molar-refractivity contribution in [2.24, 2.45) is 11.3 Å². The molecule has 112 valence electrons. The number of aliphatic hydroxyl groups excluding tert-OH is 1. The summed E-state index contributed by atoms with van der Waals surface area (Å²) in [5, 5.41) is 11.8. The van der Waals surface area contributed by atoms with E-state index >= 15 is 0 Å². The molecule has 0 unspecified atom stereocenters. The van der Waals surface area contributed by atoms with Gasteiger partial charge in [-0.25, -0.2) is 0 Å². The van der Waals surface area contributed by atoms with Gasteiger partial charge in [0.2, 0.25) is 0 Å². The highest BCUT2D eigenvalue weighted by Gasteiger charge is 2.45. The molecule has 1 aliphatic carbocycles. The summed E-state index contributed by atoms with van der Waals surface area (Å²) in [4.78, 5) is 12.4. The van der Waals surface area contributed by atoms with Gasteiger partial charge in [0.1, 0.15) is 0 Å². The minimum absolute atomic E-state index is 0.0400. The van der Waals surface area contributed by atoms with Crippen LogP contribution in [0.1, 0.15) is 49.0 Å². The molecule has 1 fully saturated rings. The maximum Gasteiger partial charge on any atom is 0.252 e. The third kappa shape index (κ3) is 3.86. The second-order valence-electron chi connectivity index (χ2n) is 6.02. The Morgan fingerprint density at radius 1 is 1.38 bits per heavy atom. The number of benzene rings is 1. The van der Waals surface area contributed by atoms with E-state index in [1.807, 2.05) is 18.2 Å². The van der Waals surface area contributed by atoms with Crippen LogP contribution in [-0.4, -0.2) is 24.2 Å². The predicted molar refractivity (Wildman–Crippen MR) is 83.9 cm³/mol. The van der Waals surface area contributed by atoms with Gasteiger partial charge >= 0.3 is 0 Å². The van der Waals surface area contributed by atoms with Gasteiger partial charge in [-0.15, -0.1) is 0 Å². The molecule has 0 heterocycles. The predicted octanol–water partition coefficient (Wildman–Crippen LogP) is 2.59. The van der Waals surface area contributed by atoms with E-state index in [1.165, 1.54) is 12.8 Å². The van der Waals surface area contributed by atoms with Gasteiger partial charge in [0.05, 0.1) is 12.2 Å². The van der Waals surface area contributed by atoms with Crippen LogP contribution in [0.2, 0.25) is 0 Å². The summed E-state index contributed by atoms with van der Waals surface area (Å²) in [6.07, 6.45) is 2.82. The molecule has 1 aliphatic rings. The van der Waals surface area contributed by atoms with Crippen molar-refractivity contribution in [3.05, 3.63) is 35.4 Å². The Labute approximate surface area is 126 Å². The van der Waals surface area contributed by atoms with Gasteiger partial charge < -0.3 is 10.4 Å². The lowest BCUT2D eigenvalue weighted by atomic mass is 9.92. The Morgan fingerprint density at radius 3 is 2.71 bits per heavy atom. The van der Waals surface area contributed by atoms with Crippen LogP contribution >= 0.6 is 0 Å². The molecule has 2 rings (SSSR count). The standard InChI is InChI=1S/C18H23NO2/c1-14(2)18(10-11-18)13-19-17(21)16-9-4-3-7-15(16)8-5-6-12-20/h3-4,7,9,14,20H,6,10-13H2,1-2H3,(H,19,21). The highest BCUT2D eigenvalue weighted by molar-refractivity contribution is 5.96. The normalized spacial score (nSPS) is 15.2. The molecule has 21 heavy (non-hydrogen) atoms. The third-order valence-corrected chi connectivity index (χ3v) is 4.35. The number of carbonyl (C=O) groups is 1. The lowest BCUT2D eigenvalue weighted by Gasteiger charge is -2.20. The van der Waals surface area contributed by atoms with Crippen molar-refractivity contribution < 1.29 is 9.90 Å². The van der Waals surface area contributed by atoms with Crippen LogP contribution in [0.3, 0.4) is 0 Å². The molecular weight excluding hydrogens is 262 g/mol. The van der Waals surface area contributed by atoms with E-state index in [9.17, 15) is 4.79 Å². The molecule has 0 saturated heterocycles. The number of aliphatic hydroxyl groups is 1. The number of nitrogens with one attached hydrogen (secondary N) is 1. The molecular formula is C18H23NO2. The Bertz CT molecular complexity index is 562. The molecule has 0 spiro atoms. The fourth-order valence-corrected chi connectivity index (χ4v) is 2.47. The van der Waals surface area contributed by atoms with Crippen LogP contribution in [0.5, 0.6) is 0 Å². The molecule has 0 radical (unpaired) electrons. The van der Waals surface area contributed by atoms with Gasteiger partial charge in [-0.3, -0.25) is 4.79 Å². The molecule has 0 bridgehead atoms. The van der Waals surface area contributed by atoms with Gasteiger partial charge in [-0.05, 0) is 36.3 Å². The van der Waals surface area contributed by atoms with Crippen LogP contribution in [0, 0.1) is 23.2 Å². The van der Waals surface area contributed by atoms with Gasteiger partial charge in [-0.2, -0.15) is 0 Å². The average molecular weight is 285 g/mol. The first-order chi connectivity index (χ1) is 10.1. The van der Waals surface area contributed by atoms with Gasteiger partial charge in [0.15, 0.2) is 0 Å². The third-order valence-electron chi connectivity index (χ3n) is 4.35. The number of carbonyl (C=O) groups excluding carboxylic acids is 1. The highest BCUT2D eigenvalue weighted by Crippen LogP contribution is 2.51. The first-order valence-electron chi connectivity index (χ1n) is 7.56. The zero-order valence-corrected chi connectivity index (χ0v) is 12.8. The van der Waals surface area contributed by atoms with E-state index in [2.05, 4.69) is 31.0 Å². The van der Waals surface area contributed by atoms with Crippen LogP contribution in [-0.2, 0) is 0 Å². The molecule has 3 nitrogen and oxygen atoms in total. The van der Waals surface area contributed by atoms with E-state index in [1.54, 1.807) is 6.07 Å². The summed E-state index contributed by atoms with van der Waals surface area (Å²) in [7, 11) is 0. The molecule has 1 saturated carbocycles. The molecule has 0 aliphatic heterocycles. The minimum Gasteiger partial charge on any atom is -0.395 e. The van der Waals surface area contributed by atoms with E-state index in [0.29, 0.717) is 23.3 Å². The second kappa shape index (κ2) is 6.78. The van der Waals surface area contributed by atoms with E-state index < -0.39 is 0 Å². The van der Waals surface area contributed by atoms with Crippen molar-refractivity contribution in [3.63, 3.8) is 0 Å². The lowest BCUT2D eigenvalue weighted by Crippen LogP contribution is -2.32. The summed E-state index contributed by atoms with van der Waals surface area (Å²) < 4.78 is 0. The van der Waals surface area contributed by atoms with Crippen molar-refractivity contribution in [2.75, 3.05) is 13.2 Å². The van der Waals surface area contributed by atoms with E-state index in [4.69, 9.17) is 5.11 Å². The second-order valence-corrected chi connectivity index (χ2v) is 6.02. The summed E-state index contributed by atoms with van der Waals surface area (Å²) >= 11 is 0. The molecule has 0 aromatic heterocycles. The maximum atomic E-state index is 12.4. The van der Waals surface area contributed by atoms with E-state index in [-0.39, 0.29) is 12.5 Å². The molecule has 0 atom stereocenters. The first-order valence-corrected chi connectivity index (χ1v) is 7.56. The molecule has 1 aromatic rings. The van der Waals surface area contributed by atoms with Crippen LogP contribution in [0.25, 0.3) is 0 Å². The summed E-state index contributed by atoms with van der Waals surface area (Å²) in [5.74, 6) is 6.36. The van der Waals surface area contributed by atoms with E-state index in [0.717, 1.165) is 12.1 Å². The molecule has 3 heteroatoms. The highest BCUT2D eigenvalue weighted by atomic mass is 16.2. The monoisotopic (exact) mass is 285 g/mol. The van der Waals surface area contributed by atoms with Crippen LogP contribution in [0.4, 0.5) is 0 Å². The summed E-state index contributed by atoms with van der Waals surface area (Å²) in [6.45, 7) is 5.21. The number of hydrogen-bond donors (Lipinski definition) is 2. The van der Waals surface area contributed by atoms with Gasteiger partial charge in [0.25, 0.3) is 5.91 Å². The van der Waals surface area contributed by atoms with Crippen LogP contribution in [0.15, 0.2) is 24.3 Å². The Kier molecular flexibility index (Phi) is 5.03. The topological polar surface area (TPSA) is 49.3 Å². The van der Waals surface area contributed by atoms with Gasteiger partial charge in [-0.1, -0.05) is 37.8 Å². The van der Waals surface area contributed by atoms with Gasteiger partial charge in [0, 0.05) is 18.5 Å². The molecule has 1 amide bonds. The van der Waals surface area contributed by atoms with Crippen molar-refractivity contribution in [1.29, 1.82) is 0 Å². The Morgan fingerprint density at radius 2 is 2.10 bits per heavy atom. The maximum absolute atomic E-state index is 12.4. The van der Waals surface area contributed by atoms with Crippen molar-refractivity contribution in [1.82, 2.24) is 5.32 Å². The zero-order chi connectivity index (χ0) is 15.3. The Balaban J connectivity index is 2.04. The van der Waals surface area contributed by atoms with Crippen molar-refractivity contribution in [2.45, 2.75) is 33.1 Å². The minimum atomic E-state index is -0.0594. The molecule has 1 aromatic carbocycles. The molecule has 2 N–H and O–H groups in total. The van der Waals surface area contributed by atoms with Crippen molar-refractivity contribution in [3.8, 4) is 11.8 Å². The SMILES string of the molecule is CC(C)C1(CNC(=O)c2ccccc2C#CCCO)CC1. The number of rotatable bonds is 5. The smallest absolute Gasteiger partial charge is 0.252 e. The number of hydrogen-bond acceptors (Lipinski definition) is 2. The Hall–Kier alpha value is -1.79. The fourth-order valence-electron chi connectivity index (χ4n) is 2.47. The quantitative estimate of drug-likeness (QED) is 0.817. The average Bonchev–Trinajstić information content (AvgIpc) is 3.27. The van der Waals surface area contributed by atoms with Crippen LogP contribution < -0.4 is 5.32 Å². The summed E-state index contributed by atoms with van der Waals surface area (Å²) in [6, 6.07) is 7.36. The number of amides is 1. The first kappa shape index (κ1) is 15.6. The lowest BCUT2D eigenvalue weighted by molar-refractivity contribution is 0.0939. The van der Waals surface area contributed by atoms with Crippen molar-refractivity contribution >= 4 is 5.91 Å².